The van der Waals surface area contributed by atoms with Gasteiger partial charge in [0, 0.05) is 18.5 Å². The molecule has 4 fully saturated rings. The summed E-state index contributed by atoms with van der Waals surface area (Å²) in [7, 11) is 0. The van der Waals surface area contributed by atoms with Crippen LogP contribution in [0.25, 0.3) is 0 Å². The van der Waals surface area contributed by atoms with Crippen molar-refractivity contribution in [1.82, 2.24) is 5.32 Å². The molecule has 0 radical (unpaired) electrons. The van der Waals surface area contributed by atoms with Gasteiger partial charge in [-0.3, -0.25) is 9.59 Å². The molecule has 0 bridgehead atoms. The molecule has 51 heavy (non-hydrogen) atoms. The Morgan fingerprint density at radius 2 is 1.53 bits per heavy atom. The molecule has 4 N–H and O–H groups in total. The molecule has 6 rings (SSSR count). The number of benzene rings is 2. The molecular weight excluding hydrogens is 640 g/mol. The average Bonchev–Trinajstić information content (AvgIpc) is 3.47. The van der Waals surface area contributed by atoms with Crippen molar-refractivity contribution < 1.29 is 29.3 Å². The third-order valence-corrected chi connectivity index (χ3v) is 14.2. The molecule has 0 aromatic heterocycles. The molecular formula is C43H60N2O6. The van der Waals surface area contributed by atoms with Gasteiger partial charge in [0.05, 0.1) is 12.2 Å². The molecule has 0 saturated heterocycles. The number of amides is 2. The van der Waals surface area contributed by atoms with Crippen LogP contribution in [0.15, 0.2) is 54.6 Å². The molecule has 0 heterocycles. The van der Waals surface area contributed by atoms with Gasteiger partial charge >= 0.3 is 5.97 Å². The Kier molecular flexibility index (Phi) is 11.6. The smallest absolute Gasteiger partial charge is 0.328 e. The van der Waals surface area contributed by atoms with E-state index in [-0.39, 0.29) is 54.3 Å². The molecule has 8 nitrogen and oxygen atoms in total. The topological polar surface area (TPSA) is 125 Å². The second kappa shape index (κ2) is 15.8. The fourth-order valence-electron chi connectivity index (χ4n) is 11.3. The van der Waals surface area contributed by atoms with Crippen molar-refractivity contribution >= 4 is 23.5 Å². The van der Waals surface area contributed by atoms with Gasteiger partial charge in [-0.15, -0.1) is 0 Å². The zero-order valence-corrected chi connectivity index (χ0v) is 31.1. The van der Waals surface area contributed by atoms with Crippen LogP contribution in [0.3, 0.4) is 0 Å². The minimum Gasteiger partial charge on any atom is -0.459 e. The van der Waals surface area contributed by atoms with Gasteiger partial charge in [-0.05, 0) is 135 Å². The summed E-state index contributed by atoms with van der Waals surface area (Å²) < 4.78 is 5.62. The van der Waals surface area contributed by atoms with Gasteiger partial charge in [0.1, 0.15) is 12.6 Å². The van der Waals surface area contributed by atoms with Gasteiger partial charge in [0.2, 0.25) is 11.8 Å². The van der Waals surface area contributed by atoms with Crippen molar-refractivity contribution in [3.05, 3.63) is 65.7 Å². The minimum atomic E-state index is -0.929. The molecule has 4 aliphatic rings. The number of nitrogens with one attached hydrogen (secondary N) is 2. The Morgan fingerprint density at radius 1 is 0.843 bits per heavy atom. The number of esters is 1. The highest BCUT2D eigenvalue weighted by Gasteiger charge is 2.62. The van der Waals surface area contributed by atoms with Gasteiger partial charge in [0.15, 0.2) is 0 Å². The number of aliphatic hydroxyl groups is 2. The average molecular weight is 701 g/mol. The summed E-state index contributed by atoms with van der Waals surface area (Å²) in [6.45, 7) is 9.20. The number of hydrogen-bond donors (Lipinski definition) is 4. The zero-order chi connectivity index (χ0) is 36.3. The van der Waals surface area contributed by atoms with Gasteiger partial charge in [-0.25, -0.2) is 4.79 Å². The molecule has 4 aliphatic carbocycles. The van der Waals surface area contributed by atoms with Crippen molar-refractivity contribution in [2.75, 3.05) is 5.32 Å². The van der Waals surface area contributed by atoms with Gasteiger partial charge in [-0.1, -0.05) is 69.3 Å². The van der Waals surface area contributed by atoms with Crippen molar-refractivity contribution in [2.45, 2.75) is 130 Å². The van der Waals surface area contributed by atoms with Crippen molar-refractivity contribution in [1.29, 1.82) is 0 Å². The van der Waals surface area contributed by atoms with E-state index in [2.05, 4.69) is 31.4 Å². The molecule has 2 aromatic rings. The quantitative estimate of drug-likeness (QED) is 0.172. The highest BCUT2D eigenvalue weighted by molar-refractivity contribution is 5.92. The Hall–Kier alpha value is -3.23. The predicted octanol–water partition coefficient (Wildman–Crippen LogP) is 7.35. The van der Waals surface area contributed by atoms with Crippen LogP contribution in [0.1, 0.15) is 109 Å². The number of para-hydroxylation sites is 1. The number of carbonyl (C=O) groups excluding carboxylic acids is 3. The fraction of sp³-hybridized carbons (Fsp3) is 0.651. The van der Waals surface area contributed by atoms with Crippen LogP contribution in [0, 0.1) is 53.3 Å². The largest absolute Gasteiger partial charge is 0.459 e. The Balaban J connectivity index is 1.05. The van der Waals surface area contributed by atoms with Crippen LogP contribution in [-0.2, 0) is 25.7 Å². The Labute approximate surface area is 304 Å². The number of aryl methyl sites for hydroxylation is 1. The maximum atomic E-state index is 13.4. The van der Waals surface area contributed by atoms with Crippen LogP contribution < -0.4 is 10.6 Å². The number of aliphatic hydroxyl groups excluding tert-OH is 2. The van der Waals surface area contributed by atoms with E-state index in [4.69, 9.17) is 4.74 Å². The second-order valence-electron chi connectivity index (χ2n) is 17.1. The van der Waals surface area contributed by atoms with E-state index < -0.39 is 12.0 Å². The number of rotatable bonds is 12. The first-order valence-electron chi connectivity index (χ1n) is 19.6. The molecule has 11 atom stereocenters. The van der Waals surface area contributed by atoms with Gasteiger partial charge in [-0.2, -0.15) is 0 Å². The molecule has 2 aromatic carbocycles. The second-order valence-corrected chi connectivity index (χ2v) is 17.1. The highest BCUT2D eigenvalue weighted by atomic mass is 16.5. The van der Waals surface area contributed by atoms with Gasteiger partial charge < -0.3 is 25.6 Å². The third-order valence-electron chi connectivity index (χ3n) is 14.2. The van der Waals surface area contributed by atoms with Crippen LogP contribution in [0.5, 0.6) is 0 Å². The van der Waals surface area contributed by atoms with E-state index in [0.29, 0.717) is 48.3 Å². The number of anilines is 1. The predicted molar refractivity (Wildman–Crippen MR) is 198 cm³/mol. The number of fused-ring (bicyclic) bond motifs is 5. The Bertz CT molecular complexity index is 1530. The zero-order valence-electron chi connectivity index (χ0n) is 31.1. The maximum Gasteiger partial charge on any atom is 0.328 e. The summed E-state index contributed by atoms with van der Waals surface area (Å²) >= 11 is 0. The first-order chi connectivity index (χ1) is 24.4. The fourth-order valence-corrected chi connectivity index (χ4v) is 11.3. The lowest BCUT2D eigenvalue weighted by atomic mass is 9.43. The molecule has 0 unspecified atom stereocenters. The first-order valence-corrected chi connectivity index (χ1v) is 19.6. The van der Waals surface area contributed by atoms with Crippen molar-refractivity contribution in [3.8, 4) is 0 Å². The van der Waals surface area contributed by atoms with E-state index in [9.17, 15) is 24.6 Å². The molecule has 8 heteroatoms. The lowest BCUT2D eigenvalue weighted by molar-refractivity contribution is -0.174. The van der Waals surface area contributed by atoms with E-state index in [1.807, 2.05) is 61.5 Å². The SMILES string of the molecule is Cc1ccccc1NC(=O)CC[C@H](NC(=O)CC[C@@H](C)[C@H]1CC[C@H]2[C@@H]3[C@H](O)C[C@@H]4C[C@H](O)CC[C@]4(C)[C@H]3CC[C@]12C)C(=O)OCc1ccccc1. The van der Waals surface area contributed by atoms with Crippen molar-refractivity contribution in [2.24, 2.45) is 46.3 Å². The lowest BCUT2D eigenvalue weighted by Crippen LogP contribution is -2.58. The van der Waals surface area contributed by atoms with E-state index in [0.717, 1.165) is 68.2 Å². The highest BCUT2D eigenvalue weighted by Crippen LogP contribution is 2.68. The van der Waals surface area contributed by atoms with Crippen LogP contribution in [-0.4, -0.2) is 46.2 Å². The van der Waals surface area contributed by atoms with Gasteiger partial charge in [0.25, 0.3) is 0 Å². The molecule has 0 spiro atoms. The number of ether oxygens (including phenoxy) is 1. The standard InChI is InChI=1S/C43H60N2O6/c1-27(32-15-16-33-40-34(21-23-43(32,33)4)42(3)22-20-31(46)24-30(42)25-37(40)47)14-18-38(48)45-36(41(50)51-26-29-11-6-5-7-12-29)17-19-39(49)44-35-13-9-8-10-28(35)2/h5-13,27,30-34,36-37,40,46-47H,14-26H2,1-4H3,(H,44,49)(H,45,48)/t27-,30+,31-,32-,33+,34+,36+,37-,40+,42+,43-/m1/s1. The normalized spacial score (nSPS) is 33.9. The first kappa shape index (κ1) is 37.5. The summed E-state index contributed by atoms with van der Waals surface area (Å²) in [5, 5.41) is 27.9. The Morgan fingerprint density at radius 3 is 2.29 bits per heavy atom. The van der Waals surface area contributed by atoms with Crippen LogP contribution in [0.2, 0.25) is 0 Å². The summed E-state index contributed by atoms with van der Waals surface area (Å²) in [4.78, 5) is 39.6. The third kappa shape index (κ3) is 8.07. The lowest BCUT2D eigenvalue weighted by Gasteiger charge is -2.62. The number of hydrogen-bond acceptors (Lipinski definition) is 6. The minimum absolute atomic E-state index is 0.0618. The molecule has 4 saturated carbocycles. The molecule has 0 aliphatic heterocycles. The van der Waals surface area contributed by atoms with Crippen LogP contribution >= 0.6 is 0 Å². The number of carbonyl (C=O) groups is 3. The molecule has 2 amide bonds. The van der Waals surface area contributed by atoms with Crippen LogP contribution in [0.4, 0.5) is 5.69 Å². The monoisotopic (exact) mass is 700 g/mol. The molecule has 278 valence electrons. The summed E-state index contributed by atoms with van der Waals surface area (Å²) in [6, 6.07) is 16.0. The van der Waals surface area contributed by atoms with E-state index in [1.54, 1.807) is 0 Å². The summed E-state index contributed by atoms with van der Waals surface area (Å²) in [6.07, 6.45) is 8.77. The van der Waals surface area contributed by atoms with Crippen molar-refractivity contribution in [3.63, 3.8) is 0 Å². The summed E-state index contributed by atoms with van der Waals surface area (Å²) in [5.74, 6) is 1.53. The maximum absolute atomic E-state index is 13.4. The van der Waals surface area contributed by atoms with E-state index >= 15 is 0 Å². The van der Waals surface area contributed by atoms with E-state index in [1.165, 1.54) is 0 Å². The summed E-state index contributed by atoms with van der Waals surface area (Å²) in [5.41, 5.74) is 2.86.